The van der Waals surface area contributed by atoms with Crippen molar-refractivity contribution in [2.45, 2.75) is 76.0 Å². The van der Waals surface area contributed by atoms with Crippen LogP contribution in [-0.2, 0) is 4.74 Å². The molecule has 0 aromatic carbocycles. The van der Waals surface area contributed by atoms with Gasteiger partial charge in [-0.1, -0.05) is 19.3 Å². The first-order chi connectivity index (χ1) is 7.85. The second-order valence-corrected chi connectivity index (χ2v) is 6.05. The Morgan fingerprint density at radius 1 is 1.06 bits per heavy atom. The van der Waals surface area contributed by atoms with E-state index < -0.39 is 0 Å². The number of ether oxygens (including phenoxy) is 1. The molecule has 3 saturated carbocycles. The Morgan fingerprint density at radius 3 is 2.38 bits per heavy atom. The molecular formula is C14H25NO. The van der Waals surface area contributed by atoms with Crippen LogP contribution in [-0.4, -0.2) is 25.3 Å². The minimum Gasteiger partial charge on any atom is -0.374 e. The molecule has 3 fully saturated rings. The zero-order valence-corrected chi connectivity index (χ0v) is 10.5. The van der Waals surface area contributed by atoms with E-state index in [0.29, 0.717) is 17.6 Å². The third-order valence-corrected chi connectivity index (χ3v) is 5.33. The van der Waals surface area contributed by atoms with Gasteiger partial charge in [-0.15, -0.1) is 0 Å². The highest BCUT2D eigenvalue weighted by atomic mass is 16.5. The van der Waals surface area contributed by atoms with Gasteiger partial charge in [0.05, 0.1) is 12.2 Å². The van der Waals surface area contributed by atoms with Gasteiger partial charge in [0.15, 0.2) is 0 Å². The van der Waals surface area contributed by atoms with Crippen LogP contribution in [0.2, 0.25) is 0 Å². The minimum atomic E-state index is 0.516. The van der Waals surface area contributed by atoms with Crippen LogP contribution < -0.4 is 5.32 Å². The second-order valence-electron chi connectivity index (χ2n) is 6.05. The molecule has 3 rings (SSSR count). The molecule has 3 aliphatic carbocycles. The molecule has 0 amide bonds. The van der Waals surface area contributed by atoms with Crippen molar-refractivity contribution in [1.29, 1.82) is 0 Å². The monoisotopic (exact) mass is 223 g/mol. The zero-order valence-electron chi connectivity index (χ0n) is 10.5. The SMILES string of the molecule is CNC1CC(OC2CCC2)C12CCCCC2. The van der Waals surface area contributed by atoms with Gasteiger partial charge in [-0.2, -0.15) is 0 Å². The molecule has 0 aromatic rings. The Balaban J connectivity index is 1.64. The Morgan fingerprint density at radius 2 is 1.81 bits per heavy atom. The van der Waals surface area contributed by atoms with E-state index in [1.165, 1.54) is 57.8 Å². The summed E-state index contributed by atoms with van der Waals surface area (Å²) < 4.78 is 6.31. The number of nitrogens with one attached hydrogen (secondary N) is 1. The van der Waals surface area contributed by atoms with Crippen molar-refractivity contribution in [1.82, 2.24) is 5.32 Å². The predicted molar refractivity (Wildman–Crippen MR) is 65.5 cm³/mol. The highest BCUT2D eigenvalue weighted by molar-refractivity contribution is 5.08. The maximum atomic E-state index is 6.31. The van der Waals surface area contributed by atoms with Crippen molar-refractivity contribution in [3.8, 4) is 0 Å². The molecule has 0 aromatic heterocycles. The van der Waals surface area contributed by atoms with Gasteiger partial charge in [-0.05, 0) is 45.6 Å². The quantitative estimate of drug-likeness (QED) is 0.794. The average molecular weight is 223 g/mol. The summed E-state index contributed by atoms with van der Waals surface area (Å²) in [7, 11) is 2.13. The summed E-state index contributed by atoms with van der Waals surface area (Å²) in [5.74, 6) is 0. The normalized spacial score (nSPS) is 38.1. The summed E-state index contributed by atoms with van der Waals surface area (Å²) in [6.45, 7) is 0. The van der Waals surface area contributed by atoms with Crippen molar-refractivity contribution >= 4 is 0 Å². The highest BCUT2D eigenvalue weighted by Gasteiger charge is 2.55. The van der Waals surface area contributed by atoms with E-state index in [9.17, 15) is 0 Å². The smallest absolute Gasteiger partial charge is 0.0665 e. The van der Waals surface area contributed by atoms with Crippen molar-refractivity contribution in [2.24, 2.45) is 5.41 Å². The molecule has 3 aliphatic rings. The van der Waals surface area contributed by atoms with Crippen LogP contribution in [0.25, 0.3) is 0 Å². The van der Waals surface area contributed by atoms with Crippen LogP contribution in [0.5, 0.6) is 0 Å². The maximum Gasteiger partial charge on any atom is 0.0665 e. The standard InChI is InChI=1S/C14H25NO/c1-15-12-10-13(16-11-6-5-7-11)14(12)8-3-2-4-9-14/h11-13,15H,2-10H2,1H3. The van der Waals surface area contributed by atoms with Crippen molar-refractivity contribution in [3.63, 3.8) is 0 Å². The summed E-state index contributed by atoms with van der Waals surface area (Å²) in [5.41, 5.74) is 0.516. The molecule has 1 N–H and O–H groups in total. The topological polar surface area (TPSA) is 21.3 Å². The number of hydrogen-bond acceptors (Lipinski definition) is 2. The Bertz CT molecular complexity index is 243. The lowest BCUT2D eigenvalue weighted by Gasteiger charge is -2.58. The summed E-state index contributed by atoms with van der Waals surface area (Å²) in [6.07, 6.45) is 13.5. The van der Waals surface area contributed by atoms with E-state index in [0.717, 1.165) is 6.04 Å². The third kappa shape index (κ3) is 1.62. The van der Waals surface area contributed by atoms with Gasteiger partial charge in [0.25, 0.3) is 0 Å². The number of rotatable bonds is 3. The lowest BCUT2D eigenvalue weighted by molar-refractivity contribution is -0.188. The van der Waals surface area contributed by atoms with Gasteiger partial charge in [-0.3, -0.25) is 0 Å². The molecule has 2 heteroatoms. The van der Waals surface area contributed by atoms with Gasteiger partial charge in [0.1, 0.15) is 0 Å². The first kappa shape index (κ1) is 11.0. The fourth-order valence-electron chi connectivity index (χ4n) is 3.96. The first-order valence-corrected chi connectivity index (χ1v) is 7.18. The second kappa shape index (κ2) is 4.30. The highest BCUT2D eigenvalue weighted by Crippen LogP contribution is 2.54. The molecule has 0 aliphatic heterocycles. The molecule has 0 saturated heterocycles. The average Bonchev–Trinajstić information content (AvgIpc) is 2.27. The van der Waals surface area contributed by atoms with Gasteiger partial charge in [-0.25, -0.2) is 0 Å². The van der Waals surface area contributed by atoms with E-state index >= 15 is 0 Å². The van der Waals surface area contributed by atoms with Gasteiger partial charge in [0.2, 0.25) is 0 Å². The van der Waals surface area contributed by atoms with Crippen LogP contribution in [0, 0.1) is 5.41 Å². The molecule has 2 atom stereocenters. The summed E-state index contributed by atoms with van der Waals surface area (Å²) in [4.78, 5) is 0. The molecule has 92 valence electrons. The molecule has 0 heterocycles. The van der Waals surface area contributed by atoms with Gasteiger partial charge >= 0.3 is 0 Å². The molecule has 2 nitrogen and oxygen atoms in total. The van der Waals surface area contributed by atoms with Crippen LogP contribution in [0.4, 0.5) is 0 Å². The Kier molecular flexibility index (Phi) is 2.97. The lowest BCUT2D eigenvalue weighted by Crippen LogP contribution is -2.64. The summed E-state index contributed by atoms with van der Waals surface area (Å²) in [6, 6.07) is 0.734. The molecule has 16 heavy (non-hydrogen) atoms. The van der Waals surface area contributed by atoms with Crippen LogP contribution in [0.15, 0.2) is 0 Å². The van der Waals surface area contributed by atoms with E-state index in [2.05, 4.69) is 12.4 Å². The Labute approximate surface area is 99.1 Å². The van der Waals surface area contributed by atoms with Crippen molar-refractivity contribution < 1.29 is 4.74 Å². The largest absolute Gasteiger partial charge is 0.374 e. The van der Waals surface area contributed by atoms with Crippen LogP contribution in [0.3, 0.4) is 0 Å². The first-order valence-electron chi connectivity index (χ1n) is 7.18. The van der Waals surface area contributed by atoms with E-state index in [4.69, 9.17) is 4.74 Å². The predicted octanol–water partition coefficient (Wildman–Crippen LogP) is 2.87. The van der Waals surface area contributed by atoms with Crippen LogP contribution in [0.1, 0.15) is 57.8 Å². The Hall–Kier alpha value is -0.0800. The van der Waals surface area contributed by atoms with Gasteiger partial charge < -0.3 is 10.1 Å². The number of hydrogen-bond donors (Lipinski definition) is 1. The van der Waals surface area contributed by atoms with Crippen LogP contribution >= 0.6 is 0 Å². The summed E-state index contributed by atoms with van der Waals surface area (Å²) >= 11 is 0. The summed E-state index contributed by atoms with van der Waals surface area (Å²) in [5, 5.41) is 3.52. The fraction of sp³-hybridized carbons (Fsp3) is 1.00. The van der Waals surface area contributed by atoms with Crippen molar-refractivity contribution in [2.75, 3.05) is 7.05 Å². The van der Waals surface area contributed by atoms with E-state index in [-0.39, 0.29) is 0 Å². The third-order valence-electron chi connectivity index (χ3n) is 5.33. The molecule has 0 radical (unpaired) electrons. The van der Waals surface area contributed by atoms with Gasteiger partial charge in [0, 0.05) is 11.5 Å². The minimum absolute atomic E-state index is 0.516. The van der Waals surface area contributed by atoms with E-state index in [1.54, 1.807) is 0 Å². The maximum absolute atomic E-state index is 6.31. The van der Waals surface area contributed by atoms with E-state index in [1.807, 2.05) is 0 Å². The molecule has 2 unspecified atom stereocenters. The molecule has 0 bridgehead atoms. The zero-order chi connectivity index (χ0) is 11.0. The lowest BCUT2D eigenvalue weighted by atomic mass is 9.55. The van der Waals surface area contributed by atoms with Crippen molar-refractivity contribution in [3.05, 3.63) is 0 Å². The molecular weight excluding hydrogens is 198 g/mol. The fourth-order valence-corrected chi connectivity index (χ4v) is 3.96. The molecule has 1 spiro atoms.